The first-order valence-corrected chi connectivity index (χ1v) is 8.53. The minimum atomic E-state index is -3.74. The summed E-state index contributed by atoms with van der Waals surface area (Å²) in [5, 5.41) is 3.31. The molecule has 0 amide bonds. The Kier molecular flexibility index (Phi) is 3.79. The zero-order chi connectivity index (χ0) is 14.2. The number of nitrogens with one attached hydrogen (secondary N) is 1. The molecule has 1 saturated carbocycles. The first kappa shape index (κ1) is 14.0. The van der Waals surface area contributed by atoms with Gasteiger partial charge in [0.1, 0.15) is 10.7 Å². The van der Waals surface area contributed by atoms with Gasteiger partial charge in [-0.2, -0.15) is 4.31 Å². The molecular formula is C14H19FN2O2S. The minimum absolute atomic E-state index is 0.0435. The molecule has 6 heteroatoms. The van der Waals surface area contributed by atoms with Crippen molar-refractivity contribution in [2.45, 2.75) is 42.7 Å². The van der Waals surface area contributed by atoms with Crippen molar-refractivity contribution in [1.82, 2.24) is 9.62 Å². The number of hydrogen-bond donors (Lipinski definition) is 1. The van der Waals surface area contributed by atoms with Gasteiger partial charge in [0.25, 0.3) is 0 Å². The summed E-state index contributed by atoms with van der Waals surface area (Å²) in [5.74, 6) is -0.669. The van der Waals surface area contributed by atoms with E-state index in [1.807, 2.05) is 0 Å². The largest absolute Gasteiger partial charge is 0.313 e. The van der Waals surface area contributed by atoms with E-state index in [1.165, 1.54) is 22.5 Å². The van der Waals surface area contributed by atoms with E-state index in [0.717, 1.165) is 32.2 Å². The molecule has 2 aliphatic rings. The lowest BCUT2D eigenvalue weighted by molar-refractivity contribution is 0.361. The number of hydrogen-bond acceptors (Lipinski definition) is 3. The Bertz CT molecular complexity index is 581. The summed E-state index contributed by atoms with van der Waals surface area (Å²) in [6, 6.07) is 5.86. The zero-order valence-electron chi connectivity index (χ0n) is 11.3. The summed E-state index contributed by atoms with van der Waals surface area (Å²) >= 11 is 0. The van der Waals surface area contributed by atoms with Gasteiger partial charge in [0.2, 0.25) is 10.0 Å². The Morgan fingerprint density at radius 3 is 2.60 bits per heavy atom. The molecule has 20 heavy (non-hydrogen) atoms. The van der Waals surface area contributed by atoms with Gasteiger partial charge >= 0.3 is 0 Å². The number of halogens is 1. The summed E-state index contributed by atoms with van der Waals surface area (Å²) in [6.07, 6.45) is 3.81. The van der Waals surface area contributed by atoms with Crippen LogP contribution in [0.15, 0.2) is 29.2 Å². The smallest absolute Gasteiger partial charge is 0.246 e. The van der Waals surface area contributed by atoms with Crippen LogP contribution in [0.5, 0.6) is 0 Å². The first-order valence-electron chi connectivity index (χ1n) is 7.09. The van der Waals surface area contributed by atoms with Crippen LogP contribution in [0.2, 0.25) is 0 Å². The maximum atomic E-state index is 13.8. The third-order valence-corrected chi connectivity index (χ3v) is 5.89. The normalized spacial score (nSPS) is 23.4. The van der Waals surface area contributed by atoms with Crippen LogP contribution < -0.4 is 5.32 Å². The number of benzene rings is 1. The van der Waals surface area contributed by atoms with Gasteiger partial charge in [-0.15, -0.1) is 0 Å². The summed E-state index contributed by atoms with van der Waals surface area (Å²) in [5.41, 5.74) is 0. The molecule has 0 spiro atoms. The van der Waals surface area contributed by atoms with Crippen molar-refractivity contribution < 1.29 is 12.8 Å². The fraction of sp³-hybridized carbons (Fsp3) is 0.571. The second kappa shape index (κ2) is 5.42. The number of sulfonamides is 1. The highest BCUT2D eigenvalue weighted by Crippen LogP contribution is 2.33. The topological polar surface area (TPSA) is 49.4 Å². The Morgan fingerprint density at radius 1 is 1.25 bits per heavy atom. The van der Waals surface area contributed by atoms with Crippen molar-refractivity contribution >= 4 is 10.0 Å². The van der Waals surface area contributed by atoms with Gasteiger partial charge in [0, 0.05) is 18.6 Å². The Labute approximate surface area is 119 Å². The molecule has 0 radical (unpaired) electrons. The molecule has 1 saturated heterocycles. The van der Waals surface area contributed by atoms with Crippen LogP contribution in [0.25, 0.3) is 0 Å². The van der Waals surface area contributed by atoms with Gasteiger partial charge in [-0.25, -0.2) is 12.8 Å². The molecular weight excluding hydrogens is 279 g/mol. The average Bonchev–Trinajstić information content (AvgIpc) is 3.12. The van der Waals surface area contributed by atoms with Crippen LogP contribution in [0, 0.1) is 5.82 Å². The summed E-state index contributed by atoms with van der Waals surface area (Å²) in [7, 11) is -3.74. The van der Waals surface area contributed by atoms with Gasteiger partial charge < -0.3 is 5.32 Å². The SMILES string of the molecule is O=S(=O)(c1ccccc1F)N(CC1CCCN1)C1CC1. The molecule has 1 aliphatic heterocycles. The van der Waals surface area contributed by atoms with E-state index in [1.54, 1.807) is 6.07 Å². The van der Waals surface area contributed by atoms with Crippen molar-refractivity contribution in [3.8, 4) is 0 Å². The number of nitrogens with zero attached hydrogens (tertiary/aromatic N) is 1. The third-order valence-electron chi connectivity index (χ3n) is 3.94. The quantitative estimate of drug-likeness (QED) is 0.900. The van der Waals surface area contributed by atoms with Crippen LogP contribution in [0.4, 0.5) is 4.39 Å². The highest BCUT2D eigenvalue weighted by Gasteiger charge is 2.40. The molecule has 1 N–H and O–H groups in total. The summed E-state index contributed by atoms with van der Waals surface area (Å²) < 4.78 is 40.7. The minimum Gasteiger partial charge on any atom is -0.313 e. The highest BCUT2D eigenvalue weighted by atomic mass is 32.2. The molecule has 1 aromatic carbocycles. The van der Waals surface area contributed by atoms with E-state index < -0.39 is 15.8 Å². The van der Waals surface area contributed by atoms with E-state index in [2.05, 4.69) is 5.32 Å². The van der Waals surface area contributed by atoms with E-state index >= 15 is 0 Å². The van der Waals surface area contributed by atoms with E-state index in [4.69, 9.17) is 0 Å². The monoisotopic (exact) mass is 298 g/mol. The van der Waals surface area contributed by atoms with E-state index in [9.17, 15) is 12.8 Å². The molecule has 1 heterocycles. The van der Waals surface area contributed by atoms with Gasteiger partial charge in [-0.1, -0.05) is 12.1 Å². The van der Waals surface area contributed by atoms with E-state index in [-0.39, 0.29) is 17.0 Å². The second-order valence-electron chi connectivity index (χ2n) is 5.53. The van der Waals surface area contributed by atoms with Crippen molar-refractivity contribution in [1.29, 1.82) is 0 Å². The van der Waals surface area contributed by atoms with Crippen molar-refractivity contribution in [3.05, 3.63) is 30.1 Å². The Hall–Kier alpha value is -0.980. The van der Waals surface area contributed by atoms with Gasteiger partial charge in [0.05, 0.1) is 0 Å². The lowest BCUT2D eigenvalue weighted by Crippen LogP contribution is -2.42. The maximum absolute atomic E-state index is 13.8. The highest BCUT2D eigenvalue weighted by molar-refractivity contribution is 7.89. The summed E-state index contributed by atoms with van der Waals surface area (Å²) in [4.78, 5) is -0.204. The molecule has 1 aromatic rings. The molecule has 3 rings (SSSR count). The standard InChI is InChI=1S/C14H19FN2O2S/c15-13-5-1-2-6-14(13)20(18,19)17(12-7-8-12)10-11-4-3-9-16-11/h1-2,5-6,11-12,16H,3-4,7-10H2. The molecule has 0 bridgehead atoms. The van der Waals surface area contributed by atoms with Crippen LogP contribution in [-0.4, -0.2) is 37.9 Å². The second-order valence-corrected chi connectivity index (χ2v) is 7.39. The van der Waals surface area contributed by atoms with Gasteiger partial charge in [0.15, 0.2) is 0 Å². The predicted octanol–water partition coefficient (Wildman–Crippen LogP) is 1.73. The third kappa shape index (κ3) is 2.73. The summed E-state index contributed by atoms with van der Waals surface area (Å²) in [6.45, 7) is 1.38. The van der Waals surface area contributed by atoms with Crippen LogP contribution in [0.1, 0.15) is 25.7 Å². The Morgan fingerprint density at radius 2 is 2.00 bits per heavy atom. The molecule has 0 aromatic heterocycles. The predicted molar refractivity (Wildman–Crippen MR) is 74.3 cm³/mol. The first-order chi connectivity index (χ1) is 9.59. The zero-order valence-corrected chi connectivity index (χ0v) is 12.1. The average molecular weight is 298 g/mol. The van der Waals surface area contributed by atoms with Gasteiger partial charge in [-0.3, -0.25) is 0 Å². The fourth-order valence-corrected chi connectivity index (χ4v) is 4.51. The van der Waals surface area contributed by atoms with Crippen molar-refractivity contribution in [2.75, 3.05) is 13.1 Å². The lowest BCUT2D eigenvalue weighted by Gasteiger charge is -2.25. The maximum Gasteiger partial charge on any atom is 0.246 e. The molecule has 2 fully saturated rings. The van der Waals surface area contributed by atoms with Gasteiger partial charge in [-0.05, 0) is 44.4 Å². The lowest BCUT2D eigenvalue weighted by atomic mass is 10.2. The van der Waals surface area contributed by atoms with Crippen LogP contribution >= 0.6 is 0 Å². The molecule has 1 aliphatic carbocycles. The molecule has 1 unspecified atom stereocenters. The van der Waals surface area contributed by atoms with Crippen molar-refractivity contribution in [2.24, 2.45) is 0 Å². The fourth-order valence-electron chi connectivity index (χ4n) is 2.72. The molecule has 110 valence electrons. The molecule has 1 atom stereocenters. The number of rotatable bonds is 5. The van der Waals surface area contributed by atoms with E-state index in [0.29, 0.717) is 6.54 Å². The van der Waals surface area contributed by atoms with Crippen LogP contribution in [-0.2, 0) is 10.0 Å². The van der Waals surface area contributed by atoms with Crippen LogP contribution in [0.3, 0.4) is 0 Å². The van der Waals surface area contributed by atoms with Crippen molar-refractivity contribution in [3.63, 3.8) is 0 Å². The molecule has 4 nitrogen and oxygen atoms in total. The Balaban J connectivity index is 1.87.